The Kier molecular flexibility index (Phi) is 4.19. The lowest BCUT2D eigenvalue weighted by molar-refractivity contribution is -0.118. The molecule has 0 spiro atoms. The summed E-state index contributed by atoms with van der Waals surface area (Å²) < 4.78 is 12.8. The summed E-state index contributed by atoms with van der Waals surface area (Å²) in [5, 5.41) is 5.61. The van der Waals surface area contributed by atoms with Crippen molar-refractivity contribution in [1.82, 2.24) is 4.57 Å². The first kappa shape index (κ1) is 17.0. The van der Waals surface area contributed by atoms with Crippen LogP contribution in [-0.4, -0.2) is 23.0 Å². The Morgan fingerprint density at radius 1 is 1.26 bits per heavy atom. The van der Waals surface area contributed by atoms with Crippen LogP contribution in [0.15, 0.2) is 47.1 Å². The van der Waals surface area contributed by atoms with Gasteiger partial charge in [-0.2, -0.15) is 0 Å². The van der Waals surface area contributed by atoms with Gasteiger partial charge >= 0.3 is 0 Å². The van der Waals surface area contributed by atoms with Crippen LogP contribution in [0.25, 0.3) is 0 Å². The molecule has 1 aliphatic heterocycles. The van der Waals surface area contributed by atoms with Crippen LogP contribution in [0.4, 0.5) is 11.4 Å². The molecule has 27 heavy (non-hydrogen) atoms. The molecule has 1 aromatic carbocycles. The van der Waals surface area contributed by atoms with E-state index in [1.54, 1.807) is 24.5 Å². The van der Waals surface area contributed by atoms with Gasteiger partial charge in [0, 0.05) is 17.1 Å². The van der Waals surface area contributed by atoms with E-state index in [9.17, 15) is 9.59 Å². The minimum atomic E-state index is -0.215. The number of carbonyl (C=O) groups excluding carboxylic acids is 2. The Balaban J connectivity index is 1.55. The summed E-state index contributed by atoms with van der Waals surface area (Å²) in [4.78, 5) is 24.2. The molecular weight excluding hydrogens is 346 g/mol. The number of anilines is 2. The Morgan fingerprint density at radius 3 is 2.89 bits per heavy atom. The summed E-state index contributed by atoms with van der Waals surface area (Å²) in [6, 6.07) is 10.8. The number of benzene rings is 1. The normalized spacial score (nSPS) is 12.9. The van der Waals surface area contributed by atoms with Crippen LogP contribution in [0.3, 0.4) is 0 Å². The standard InChI is InChI=1S/C20H19N3O4/c1-12-8-16(13(2)23(12)10-15-4-3-7-26-15)20(25)21-14-5-6-18-17(9-14)22-19(24)11-27-18/h3-9H,10-11H2,1-2H3,(H,21,25)(H,22,24). The van der Waals surface area contributed by atoms with Crippen molar-refractivity contribution in [3.8, 4) is 5.75 Å². The fraction of sp³-hybridized carbons (Fsp3) is 0.200. The lowest BCUT2D eigenvalue weighted by atomic mass is 10.2. The number of hydrogen-bond donors (Lipinski definition) is 2. The van der Waals surface area contributed by atoms with Gasteiger partial charge in [0.15, 0.2) is 6.61 Å². The number of carbonyl (C=O) groups is 2. The average Bonchev–Trinajstić information content (AvgIpc) is 3.25. The highest BCUT2D eigenvalue weighted by atomic mass is 16.5. The molecule has 0 unspecified atom stereocenters. The molecule has 1 aliphatic rings. The van der Waals surface area contributed by atoms with Crippen molar-refractivity contribution in [1.29, 1.82) is 0 Å². The molecule has 0 saturated heterocycles. The second-order valence-electron chi connectivity index (χ2n) is 6.45. The number of fused-ring (bicyclic) bond motifs is 1. The minimum absolute atomic E-state index is 0.000359. The summed E-state index contributed by atoms with van der Waals surface area (Å²) in [7, 11) is 0. The number of aryl methyl sites for hydroxylation is 1. The van der Waals surface area contributed by atoms with Gasteiger partial charge in [-0.3, -0.25) is 9.59 Å². The highest BCUT2D eigenvalue weighted by molar-refractivity contribution is 6.06. The third-order valence-corrected chi connectivity index (χ3v) is 4.58. The highest BCUT2D eigenvalue weighted by Gasteiger charge is 2.19. The molecule has 3 heterocycles. The van der Waals surface area contributed by atoms with Crippen LogP contribution in [0.2, 0.25) is 0 Å². The first-order valence-electron chi connectivity index (χ1n) is 8.58. The molecule has 2 N–H and O–H groups in total. The lowest BCUT2D eigenvalue weighted by Gasteiger charge is -2.18. The van der Waals surface area contributed by atoms with Gasteiger partial charge in [0.2, 0.25) is 0 Å². The number of amides is 2. The summed E-state index contributed by atoms with van der Waals surface area (Å²) in [6.45, 7) is 4.44. The predicted molar refractivity (Wildman–Crippen MR) is 100 cm³/mol. The van der Waals surface area contributed by atoms with Crippen LogP contribution in [-0.2, 0) is 11.3 Å². The van der Waals surface area contributed by atoms with Gasteiger partial charge in [-0.05, 0) is 50.2 Å². The van der Waals surface area contributed by atoms with Gasteiger partial charge in [-0.15, -0.1) is 0 Å². The highest BCUT2D eigenvalue weighted by Crippen LogP contribution is 2.30. The summed E-state index contributed by atoms with van der Waals surface area (Å²) >= 11 is 0. The molecule has 4 rings (SSSR count). The topological polar surface area (TPSA) is 85.5 Å². The molecule has 3 aromatic rings. The predicted octanol–water partition coefficient (Wildman–Crippen LogP) is 3.33. The number of hydrogen-bond acceptors (Lipinski definition) is 4. The van der Waals surface area contributed by atoms with E-state index < -0.39 is 0 Å². The summed E-state index contributed by atoms with van der Waals surface area (Å²) in [5.41, 5.74) is 3.56. The molecule has 0 bridgehead atoms. The molecule has 0 aliphatic carbocycles. The molecule has 0 atom stereocenters. The maximum absolute atomic E-state index is 12.8. The van der Waals surface area contributed by atoms with Gasteiger partial charge in [-0.1, -0.05) is 0 Å². The number of rotatable bonds is 4. The second-order valence-corrected chi connectivity index (χ2v) is 6.45. The summed E-state index contributed by atoms with van der Waals surface area (Å²) in [5.74, 6) is 0.989. The van der Waals surface area contributed by atoms with E-state index in [1.807, 2.05) is 36.6 Å². The first-order chi connectivity index (χ1) is 13.0. The van der Waals surface area contributed by atoms with Crippen LogP contribution in [0, 0.1) is 13.8 Å². The third kappa shape index (κ3) is 3.31. The smallest absolute Gasteiger partial charge is 0.262 e. The fourth-order valence-corrected chi connectivity index (χ4v) is 3.19. The zero-order valence-corrected chi connectivity index (χ0v) is 15.0. The fourth-order valence-electron chi connectivity index (χ4n) is 3.19. The van der Waals surface area contributed by atoms with Gasteiger partial charge in [0.1, 0.15) is 11.5 Å². The number of ether oxygens (including phenoxy) is 1. The lowest BCUT2D eigenvalue weighted by Crippen LogP contribution is -2.25. The van der Waals surface area contributed by atoms with E-state index >= 15 is 0 Å². The van der Waals surface area contributed by atoms with Crippen LogP contribution in [0.1, 0.15) is 27.5 Å². The number of furan rings is 1. The zero-order valence-electron chi connectivity index (χ0n) is 15.0. The van der Waals surface area contributed by atoms with E-state index in [0.717, 1.165) is 17.1 Å². The van der Waals surface area contributed by atoms with Crippen LogP contribution < -0.4 is 15.4 Å². The van der Waals surface area contributed by atoms with Gasteiger partial charge in [0.05, 0.1) is 24.1 Å². The number of nitrogens with one attached hydrogen (secondary N) is 2. The minimum Gasteiger partial charge on any atom is -0.482 e. The maximum atomic E-state index is 12.8. The van der Waals surface area contributed by atoms with Crippen molar-refractivity contribution < 1.29 is 18.7 Å². The molecule has 7 heteroatoms. The Labute approximate surface area is 155 Å². The van der Waals surface area contributed by atoms with Gasteiger partial charge < -0.3 is 24.4 Å². The monoisotopic (exact) mass is 365 g/mol. The van der Waals surface area contributed by atoms with Crippen molar-refractivity contribution in [3.05, 3.63) is 65.4 Å². The first-order valence-corrected chi connectivity index (χ1v) is 8.58. The second kappa shape index (κ2) is 6.68. The van der Waals surface area contributed by atoms with Crippen LogP contribution in [0.5, 0.6) is 5.75 Å². The Morgan fingerprint density at radius 2 is 2.11 bits per heavy atom. The van der Waals surface area contributed by atoms with E-state index in [-0.39, 0.29) is 18.4 Å². The van der Waals surface area contributed by atoms with E-state index in [0.29, 0.717) is 29.2 Å². The maximum Gasteiger partial charge on any atom is 0.262 e. The van der Waals surface area contributed by atoms with Crippen molar-refractivity contribution in [2.45, 2.75) is 20.4 Å². The largest absolute Gasteiger partial charge is 0.482 e. The quantitative estimate of drug-likeness (QED) is 0.743. The van der Waals surface area contributed by atoms with Gasteiger partial charge in [-0.25, -0.2) is 0 Å². The molecule has 2 amide bonds. The molecule has 0 radical (unpaired) electrons. The third-order valence-electron chi connectivity index (χ3n) is 4.58. The zero-order chi connectivity index (χ0) is 19.0. The number of nitrogens with zero attached hydrogens (tertiary/aromatic N) is 1. The molecule has 138 valence electrons. The molecule has 7 nitrogen and oxygen atoms in total. The SMILES string of the molecule is Cc1cc(C(=O)Nc2ccc3c(c2)NC(=O)CO3)c(C)n1Cc1ccco1. The van der Waals surface area contributed by atoms with E-state index in [4.69, 9.17) is 9.15 Å². The van der Waals surface area contributed by atoms with E-state index in [1.165, 1.54) is 0 Å². The van der Waals surface area contributed by atoms with E-state index in [2.05, 4.69) is 10.6 Å². The molecule has 0 saturated carbocycles. The number of aromatic nitrogens is 1. The Hall–Kier alpha value is -3.48. The van der Waals surface area contributed by atoms with Crippen molar-refractivity contribution in [2.24, 2.45) is 0 Å². The van der Waals surface area contributed by atoms with Crippen LogP contribution >= 0.6 is 0 Å². The van der Waals surface area contributed by atoms with Crippen molar-refractivity contribution in [2.75, 3.05) is 17.2 Å². The molecule has 2 aromatic heterocycles. The van der Waals surface area contributed by atoms with Crippen molar-refractivity contribution in [3.63, 3.8) is 0 Å². The Bertz CT molecular complexity index is 1020. The molecular formula is C20H19N3O4. The van der Waals surface area contributed by atoms with Crippen molar-refractivity contribution >= 4 is 23.2 Å². The summed E-state index contributed by atoms with van der Waals surface area (Å²) in [6.07, 6.45) is 1.63. The van der Waals surface area contributed by atoms with Gasteiger partial charge in [0.25, 0.3) is 11.8 Å². The average molecular weight is 365 g/mol. The molecule has 0 fully saturated rings.